The molecule has 0 radical (unpaired) electrons. The van der Waals surface area contributed by atoms with Gasteiger partial charge in [-0.15, -0.1) is 0 Å². The molecule has 7 nitrogen and oxygen atoms in total. The van der Waals surface area contributed by atoms with Gasteiger partial charge >= 0.3 is 0 Å². The minimum absolute atomic E-state index is 0.0523. The largest absolute Gasteiger partial charge is 0.346 e. The summed E-state index contributed by atoms with van der Waals surface area (Å²) >= 11 is 0. The van der Waals surface area contributed by atoms with E-state index in [1.165, 1.54) is 12.1 Å². The van der Waals surface area contributed by atoms with Crippen LogP contribution in [0.25, 0.3) is 0 Å². The molecule has 0 unspecified atom stereocenters. The van der Waals surface area contributed by atoms with Crippen molar-refractivity contribution in [2.75, 3.05) is 19.6 Å². The quantitative estimate of drug-likeness (QED) is 0.571. The minimum atomic E-state index is -0.296. The lowest BCUT2D eigenvalue weighted by atomic mass is 10.0. The molecule has 36 heavy (non-hydrogen) atoms. The summed E-state index contributed by atoms with van der Waals surface area (Å²) in [6, 6.07) is 13.6. The number of likely N-dealkylation sites (tertiary alicyclic amines) is 1. The smallest absolute Gasteiger partial charge is 0.274 e. The Morgan fingerprint density at radius 1 is 1.03 bits per heavy atom. The summed E-state index contributed by atoms with van der Waals surface area (Å²) in [5.74, 6) is -0.409. The van der Waals surface area contributed by atoms with Gasteiger partial charge in [0.15, 0.2) is 5.69 Å². The van der Waals surface area contributed by atoms with E-state index < -0.39 is 0 Å². The van der Waals surface area contributed by atoms with Crippen LogP contribution in [0.1, 0.15) is 69.0 Å². The first-order valence-electron chi connectivity index (χ1n) is 12.6. The lowest BCUT2D eigenvalue weighted by molar-refractivity contribution is 0.0783. The van der Waals surface area contributed by atoms with Crippen molar-refractivity contribution in [3.05, 3.63) is 88.0 Å². The second-order valence-corrected chi connectivity index (χ2v) is 9.80. The number of rotatable bonds is 6. The van der Waals surface area contributed by atoms with Gasteiger partial charge in [0.05, 0.1) is 6.04 Å². The molecular formula is C28H32FN5O2. The maximum absolute atomic E-state index is 13.2. The van der Waals surface area contributed by atoms with Crippen molar-refractivity contribution in [3.8, 4) is 0 Å². The summed E-state index contributed by atoms with van der Waals surface area (Å²) in [5.41, 5.74) is 5.34. The van der Waals surface area contributed by atoms with Crippen molar-refractivity contribution in [1.29, 1.82) is 0 Å². The van der Waals surface area contributed by atoms with Gasteiger partial charge in [0.1, 0.15) is 5.82 Å². The van der Waals surface area contributed by atoms with E-state index in [9.17, 15) is 14.0 Å². The van der Waals surface area contributed by atoms with Crippen molar-refractivity contribution in [2.45, 2.75) is 45.3 Å². The number of benzene rings is 2. The third-order valence-corrected chi connectivity index (χ3v) is 7.26. The molecule has 1 saturated heterocycles. The average molecular weight is 490 g/mol. The molecule has 188 valence electrons. The summed E-state index contributed by atoms with van der Waals surface area (Å²) in [7, 11) is 1.93. The Morgan fingerprint density at radius 2 is 1.72 bits per heavy atom. The van der Waals surface area contributed by atoms with Gasteiger partial charge in [-0.3, -0.25) is 19.2 Å². The molecule has 3 aromatic rings. The van der Waals surface area contributed by atoms with Gasteiger partial charge in [-0.25, -0.2) is 4.39 Å². The normalized spacial score (nSPS) is 16.6. The maximum Gasteiger partial charge on any atom is 0.274 e. The fourth-order valence-corrected chi connectivity index (χ4v) is 5.16. The molecule has 1 fully saturated rings. The molecule has 3 heterocycles. The molecular weight excluding hydrogens is 457 g/mol. The SMILES string of the molecule is C[C@@H](NC(=O)c1ccc(CN2CCc3c(c(C(=O)N4CCCC4)nn3C)C2)cc1)c1ccc(F)cc1. The second kappa shape index (κ2) is 10.2. The molecule has 8 heteroatoms. The van der Waals surface area contributed by atoms with Crippen LogP contribution in [-0.4, -0.2) is 51.0 Å². The maximum atomic E-state index is 13.2. The number of nitrogens with zero attached hydrogens (tertiary/aromatic N) is 4. The van der Waals surface area contributed by atoms with E-state index in [1.807, 2.05) is 47.8 Å². The summed E-state index contributed by atoms with van der Waals surface area (Å²) in [5, 5.41) is 7.56. The minimum Gasteiger partial charge on any atom is -0.346 e. The highest BCUT2D eigenvalue weighted by molar-refractivity contribution is 5.95. The molecule has 2 aliphatic rings. The molecule has 1 atom stereocenters. The van der Waals surface area contributed by atoms with Crippen LogP contribution in [0.5, 0.6) is 0 Å². The van der Waals surface area contributed by atoms with Crippen LogP contribution < -0.4 is 5.32 Å². The summed E-state index contributed by atoms with van der Waals surface area (Å²) < 4.78 is 15.0. The standard InChI is InChI=1S/C28H32FN5O2/c1-19(21-9-11-23(29)12-10-21)30-27(35)22-7-5-20(6-8-22)17-33-16-13-25-24(18-33)26(31-32(25)2)28(36)34-14-3-4-15-34/h5-12,19H,3-4,13-18H2,1-2H3,(H,30,35)/t19-/m1/s1. The fourth-order valence-electron chi connectivity index (χ4n) is 5.16. The van der Waals surface area contributed by atoms with Gasteiger partial charge in [0.2, 0.25) is 0 Å². The zero-order valence-corrected chi connectivity index (χ0v) is 20.8. The van der Waals surface area contributed by atoms with Gasteiger partial charge < -0.3 is 10.2 Å². The monoisotopic (exact) mass is 489 g/mol. The fraction of sp³-hybridized carbons (Fsp3) is 0.393. The Morgan fingerprint density at radius 3 is 2.42 bits per heavy atom. The van der Waals surface area contributed by atoms with Gasteiger partial charge in [-0.2, -0.15) is 5.10 Å². The number of aromatic nitrogens is 2. The lowest BCUT2D eigenvalue weighted by Crippen LogP contribution is -2.33. The van der Waals surface area contributed by atoms with Crippen molar-refractivity contribution >= 4 is 11.8 Å². The van der Waals surface area contributed by atoms with Gasteiger partial charge in [0.25, 0.3) is 11.8 Å². The Labute approximate surface area is 210 Å². The van der Waals surface area contributed by atoms with Crippen LogP contribution in [0, 0.1) is 5.82 Å². The third kappa shape index (κ3) is 5.04. The van der Waals surface area contributed by atoms with Crippen LogP contribution in [-0.2, 0) is 26.6 Å². The van der Waals surface area contributed by atoms with E-state index in [0.717, 1.165) is 67.8 Å². The summed E-state index contributed by atoms with van der Waals surface area (Å²) in [6.45, 7) is 5.83. The number of nitrogens with one attached hydrogen (secondary N) is 1. The van der Waals surface area contributed by atoms with Gasteiger partial charge in [-0.05, 0) is 55.2 Å². The highest BCUT2D eigenvalue weighted by Gasteiger charge is 2.30. The number of hydrogen-bond donors (Lipinski definition) is 1. The molecule has 5 rings (SSSR count). The first kappa shape index (κ1) is 24.2. The van der Waals surface area contributed by atoms with Gasteiger partial charge in [-0.1, -0.05) is 24.3 Å². The number of halogens is 1. The van der Waals surface area contributed by atoms with Gasteiger partial charge in [0, 0.05) is 63.0 Å². The molecule has 2 aromatic carbocycles. The Balaban J connectivity index is 1.22. The topological polar surface area (TPSA) is 70.5 Å². The molecule has 1 aromatic heterocycles. The van der Waals surface area contributed by atoms with Crippen LogP contribution in [0.3, 0.4) is 0 Å². The first-order chi connectivity index (χ1) is 17.4. The predicted molar refractivity (Wildman–Crippen MR) is 135 cm³/mol. The lowest BCUT2D eigenvalue weighted by Gasteiger charge is -2.28. The molecule has 1 N–H and O–H groups in total. The Hall–Kier alpha value is -3.52. The number of fused-ring (bicyclic) bond motifs is 1. The van der Waals surface area contributed by atoms with Crippen LogP contribution in [0.15, 0.2) is 48.5 Å². The molecule has 0 spiro atoms. The number of carbonyl (C=O) groups excluding carboxylic acids is 2. The number of carbonyl (C=O) groups is 2. The Bertz CT molecular complexity index is 1250. The number of hydrogen-bond acceptors (Lipinski definition) is 4. The average Bonchev–Trinajstić information content (AvgIpc) is 3.53. The van der Waals surface area contributed by atoms with Crippen LogP contribution >= 0.6 is 0 Å². The van der Waals surface area contributed by atoms with E-state index in [-0.39, 0.29) is 23.7 Å². The number of amides is 2. The summed E-state index contributed by atoms with van der Waals surface area (Å²) in [4.78, 5) is 30.0. The molecule has 0 saturated carbocycles. The highest BCUT2D eigenvalue weighted by atomic mass is 19.1. The zero-order chi connectivity index (χ0) is 25.2. The summed E-state index contributed by atoms with van der Waals surface area (Å²) in [6.07, 6.45) is 2.98. The van der Waals surface area contributed by atoms with Crippen molar-refractivity contribution in [3.63, 3.8) is 0 Å². The predicted octanol–water partition coefficient (Wildman–Crippen LogP) is 3.84. The third-order valence-electron chi connectivity index (χ3n) is 7.26. The molecule has 2 aliphatic heterocycles. The van der Waals surface area contributed by atoms with E-state index in [4.69, 9.17) is 0 Å². The van der Waals surface area contributed by atoms with Crippen molar-refractivity contribution in [2.24, 2.45) is 7.05 Å². The first-order valence-corrected chi connectivity index (χ1v) is 12.6. The van der Waals surface area contributed by atoms with E-state index in [1.54, 1.807) is 12.1 Å². The van der Waals surface area contributed by atoms with Crippen molar-refractivity contribution in [1.82, 2.24) is 24.9 Å². The van der Waals surface area contributed by atoms with E-state index in [0.29, 0.717) is 17.8 Å². The zero-order valence-electron chi connectivity index (χ0n) is 20.8. The highest BCUT2D eigenvalue weighted by Crippen LogP contribution is 2.25. The van der Waals surface area contributed by atoms with Crippen molar-refractivity contribution < 1.29 is 14.0 Å². The molecule has 0 aliphatic carbocycles. The second-order valence-electron chi connectivity index (χ2n) is 9.80. The van der Waals surface area contributed by atoms with Crippen LogP contribution in [0.4, 0.5) is 4.39 Å². The molecule has 0 bridgehead atoms. The molecule has 2 amide bonds. The Kier molecular flexibility index (Phi) is 6.87. The number of aryl methyl sites for hydroxylation is 1. The van der Waals surface area contributed by atoms with E-state index in [2.05, 4.69) is 15.3 Å². The van der Waals surface area contributed by atoms with E-state index >= 15 is 0 Å². The van der Waals surface area contributed by atoms with Crippen LogP contribution in [0.2, 0.25) is 0 Å².